The Balaban J connectivity index is 4.12. The summed E-state index contributed by atoms with van der Waals surface area (Å²) in [6.07, 6.45) is 3.75. The van der Waals surface area contributed by atoms with Crippen molar-refractivity contribution in [2.24, 2.45) is 11.8 Å². The Morgan fingerprint density at radius 2 is 1.93 bits per heavy atom. The Hall–Kier alpha value is -1.12. The lowest BCUT2D eigenvalue weighted by atomic mass is 9.92. The highest BCUT2D eigenvalue weighted by Crippen LogP contribution is 2.13. The van der Waals surface area contributed by atoms with Crippen molar-refractivity contribution in [1.82, 2.24) is 0 Å². The minimum Gasteiger partial charge on any atom is -0.466 e. The van der Waals surface area contributed by atoms with Crippen LogP contribution >= 0.6 is 0 Å². The molecule has 0 aromatic carbocycles. The van der Waals surface area contributed by atoms with Gasteiger partial charge in [-0.15, -0.1) is 0 Å². The van der Waals surface area contributed by atoms with Crippen LogP contribution in [0, 0.1) is 11.8 Å². The third kappa shape index (κ3) is 6.05. The molecule has 0 saturated carbocycles. The number of ketones is 1. The number of esters is 1. The van der Waals surface area contributed by atoms with E-state index < -0.39 is 0 Å². The van der Waals surface area contributed by atoms with Gasteiger partial charge in [0.15, 0.2) is 0 Å². The molecule has 0 bridgehead atoms. The first-order chi connectivity index (χ1) is 6.99. The monoisotopic (exact) mass is 212 g/mol. The van der Waals surface area contributed by atoms with Crippen molar-refractivity contribution in [3.8, 4) is 0 Å². The summed E-state index contributed by atoms with van der Waals surface area (Å²) in [6.45, 7) is 7.71. The summed E-state index contributed by atoms with van der Waals surface area (Å²) in [7, 11) is 0. The van der Waals surface area contributed by atoms with E-state index in [9.17, 15) is 9.59 Å². The Morgan fingerprint density at radius 1 is 1.33 bits per heavy atom. The number of hydrogen-bond donors (Lipinski definition) is 0. The molecule has 3 heteroatoms. The lowest BCUT2D eigenvalue weighted by Gasteiger charge is -2.12. The second-order valence-corrected chi connectivity index (χ2v) is 3.82. The van der Waals surface area contributed by atoms with Crippen molar-refractivity contribution in [3.05, 3.63) is 12.2 Å². The smallest absolute Gasteiger partial charge is 0.309 e. The van der Waals surface area contributed by atoms with Gasteiger partial charge in [-0.1, -0.05) is 26.0 Å². The van der Waals surface area contributed by atoms with Gasteiger partial charge >= 0.3 is 5.97 Å². The van der Waals surface area contributed by atoms with Crippen LogP contribution in [-0.4, -0.2) is 18.4 Å². The summed E-state index contributed by atoms with van der Waals surface area (Å²) < 4.78 is 4.77. The summed E-state index contributed by atoms with van der Waals surface area (Å²) >= 11 is 0. The molecule has 0 spiro atoms. The fraction of sp³-hybridized carbons (Fsp3) is 0.667. The molecule has 0 aliphatic carbocycles. The maximum absolute atomic E-state index is 11.2. The molecule has 0 fully saturated rings. The van der Waals surface area contributed by atoms with Gasteiger partial charge in [0.25, 0.3) is 0 Å². The van der Waals surface area contributed by atoms with E-state index in [1.807, 2.05) is 13.8 Å². The predicted octanol–water partition coefficient (Wildman–Crippen LogP) is 2.36. The van der Waals surface area contributed by atoms with Gasteiger partial charge in [-0.3, -0.25) is 9.59 Å². The summed E-state index contributed by atoms with van der Waals surface area (Å²) in [5.41, 5.74) is 0. The number of carbonyl (C=O) groups is 2. The van der Waals surface area contributed by atoms with Gasteiger partial charge in [0.1, 0.15) is 5.78 Å². The second kappa shape index (κ2) is 7.21. The van der Waals surface area contributed by atoms with E-state index in [1.54, 1.807) is 26.0 Å². The van der Waals surface area contributed by atoms with Gasteiger partial charge in [0, 0.05) is 5.92 Å². The quantitative estimate of drug-likeness (QED) is 0.501. The molecule has 86 valence electrons. The molecule has 3 nitrogen and oxygen atoms in total. The molecule has 0 saturated heterocycles. The average molecular weight is 212 g/mol. The molecular weight excluding hydrogens is 192 g/mol. The minimum absolute atomic E-state index is 0.0978. The molecule has 15 heavy (non-hydrogen) atoms. The van der Waals surface area contributed by atoms with E-state index in [1.165, 1.54) is 0 Å². The Labute approximate surface area is 91.5 Å². The molecule has 1 unspecified atom stereocenters. The van der Waals surface area contributed by atoms with Crippen LogP contribution in [0.2, 0.25) is 0 Å². The molecule has 0 aromatic heterocycles. The van der Waals surface area contributed by atoms with E-state index in [0.717, 1.165) is 0 Å². The molecule has 0 aromatic rings. The summed E-state index contributed by atoms with van der Waals surface area (Å²) in [5, 5.41) is 0. The van der Waals surface area contributed by atoms with Gasteiger partial charge in [0.2, 0.25) is 0 Å². The molecule has 0 radical (unpaired) electrons. The van der Waals surface area contributed by atoms with E-state index in [4.69, 9.17) is 4.74 Å². The number of hydrogen-bond acceptors (Lipinski definition) is 3. The van der Waals surface area contributed by atoms with E-state index in [2.05, 4.69) is 0 Å². The summed E-state index contributed by atoms with van der Waals surface area (Å²) in [5.74, 6) is 0.0466. The van der Waals surface area contributed by atoms with Crippen molar-refractivity contribution >= 4 is 11.8 Å². The highest BCUT2D eigenvalue weighted by atomic mass is 16.5. The van der Waals surface area contributed by atoms with Gasteiger partial charge in [-0.05, 0) is 19.8 Å². The average Bonchev–Trinajstić information content (AvgIpc) is 2.11. The highest BCUT2D eigenvalue weighted by Gasteiger charge is 2.14. The van der Waals surface area contributed by atoms with Crippen LogP contribution in [0.3, 0.4) is 0 Å². The normalized spacial score (nSPS) is 13.1. The number of allylic oxidation sites excluding steroid dienone is 1. The minimum atomic E-state index is -0.250. The predicted molar refractivity (Wildman–Crippen MR) is 59.4 cm³/mol. The molecule has 0 aliphatic rings. The van der Waals surface area contributed by atoms with Crippen molar-refractivity contribution in [2.75, 3.05) is 6.61 Å². The highest BCUT2D eigenvalue weighted by molar-refractivity contribution is 5.80. The van der Waals surface area contributed by atoms with Crippen LogP contribution in [0.4, 0.5) is 0 Å². The Morgan fingerprint density at radius 3 is 2.33 bits per heavy atom. The maximum atomic E-state index is 11.2. The van der Waals surface area contributed by atoms with Crippen LogP contribution in [-0.2, 0) is 14.3 Å². The summed E-state index contributed by atoms with van der Waals surface area (Å²) in [6, 6.07) is 0. The van der Waals surface area contributed by atoms with Gasteiger partial charge in [-0.25, -0.2) is 0 Å². The number of rotatable bonds is 6. The second-order valence-electron chi connectivity index (χ2n) is 3.82. The van der Waals surface area contributed by atoms with E-state index in [0.29, 0.717) is 6.61 Å². The van der Waals surface area contributed by atoms with Crippen LogP contribution in [0.1, 0.15) is 34.1 Å². The zero-order chi connectivity index (χ0) is 11.8. The zero-order valence-electron chi connectivity index (χ0n) is 9.95. The molecular formula is C12H20O3. The third-order valence-electron chi connectivity index (χ3n) is 2.12. The maximum Gasteiger partial charge on any atom is 0.309 e. The van der Waals surface area contributed by atoms with E-state index >= 15 is 0 Å². The largest absolute Gasteiger partial charge is 0.466 e. The van der Waals surface area contributed by atoms with Crippen LogP contribution in [0.25, 0.3) is 0 Å². The van der Waals surface area contributed by atoms with Crippen LogP contribution < -0.4 is 0 Å². The lowest BCUT2D eigenvalue weighted by molar-refractivity contribution is -0.142. The van der Waals surface area contributed by atoms with Gasteiger partial charge in [0.05, 0.1) is 13.0 Å². The first-order valence-corrected chi connectivity index (χ1v) is 5.31. The Kier molecular flexibility index (Phi) is 6.67. The number of ether oxygens (including phenoxy) is 1. The number of Topliss-reactive ketones (excluding diaryl/α,β-unsaturated/α-hetero) is 1. The molecule has 0 heterocycles. The molecule has 0 rings (SSSR count). The zero-order valence-corrected chi connectivity index (χ0v) is 9.95. The van der Waals surface area contributed by atoms with Crippen molar-refractivity contribution in [2.45, 2.75) is 34.1 Å². The number of carbonyl (C=O) groups excluding carboxylic acids is 2. The first kappa shape index (κ1) is 13.9. The van der Waals surface area contributed by atoms with Crippen molar-refractivity contribution < 1.29 is 14.3 Å². The van der Waals surface area contributed by atoms with Gasteiger partial charge in [-0.2, -0.15) is 0 Å². The Bertz CT molecular complexity index is 241. The summed E-state index contributed by atoms with van der Waals surface area (Å²) in [4.78, 5) is 22.2. The molecule has 0 amide bonds. The van der Waals surface area contributed by atoms with E-state index in [-0.39, 0.29) is 30.0 Å². The molecule has 0 N–H and O–H groups in total. The van der Waals surface area contributed by atoms with Crippen LogP contribution in [0.15, 0.2) is 12.2 Å². The topological polar surface area (TPSA) is 43.4 Å². The van der Waals surface area contributed by atoms with Crippen LogP contribution in [0.5, 0.6) is 0 Å². The fourth-order valence-electron chi connectivity index (χ4n) is 1.36. The van der Waals surface area contributed by atoms with Gasteiger partial charge < -0.3 is 4.74 Å². The van der Waals surface area contributed by atoms with Crippen molar-refractivity contribution in [3.63, 3.8) is 0 Å². The lowest BCUT2D eigenvalue weighted by Crippen LogP contribution is -2.14. The van der Waals surface area contributed by atoms with Crippen molar-refractivity contribution in [1.29, 1.82) is 0 Å². The first-order valence-electron chi connectivity index (χ1n) is 5.31. The molecule has 1 atom stereocenters. The third-order valence-corrected chi connectivity index (χ3v) is 2.12. The standard InChI is InChI=1S/C12H20O3/c1-5-15-12(14)8-6-7-11(9(2)3)10(4)13/h6-7,9,11H,5,8H2,1-4H3. The molecule has 0 aliphatic heterocycles. The fourth-order valence-corrected chi connectivity index (χ4v) is 1.36. The SMILES string of the molecule is CCOC(=O)CC=CC(C(C)=O)C(C)C.